The van der Waals surface area contributed by atoms with E-state index >= 15 is 0 Å². The van der Waals surface area contributed by atoms with Crippen LogP contribution < -0.4 is 5.32 Å². The number of benzene rings is 1. The molecule has 166 valence electrons. The maximum Gasteiger partial charge on any atom is 0.339 e. The van der Waals surface area contributed by atoms with Crippen molar-refractivity contribution in [3.63, 3.8) is 0 Å². The van der Waals surface area contributed by atoms with E-state index in [0.29, 0.717) is 11.5 Å². The molecule has 31 heavy (non-hydrogen) atoms. The van der Waals surface area contributed by atoms with E-state index in [1.807, 2.05) is 24.3 Å². The number of carbonyl (C=O) groups excluding carboxylic acids is 2. The standard InChI is InChI=1S/C26H34N2O3/c1-4-26(2,3)17-13-14-22-20(15-17)24(19-11-7-8-12-21(19)28-22)25(30)31-16-23(29)27-18-9-5-6-10-18/h7-8,11-12,17-18H,4-6,9-10,13-16H2,1-3H3,(H,27,29)/t17-/m0/s1. The van der Waals surface area contributed by atoms with E-state index in [9.17, 15) is 9.59 Å². The van der Waals surface area contributed by atoms with Gasteiger partial charge in [0.1, 0.15) is 0 Å². The molecule has 1 saturated carbocycles. The zero-order valence-electron chi connectivity index (χ0n) is 19.0. The Bertz CT molecular complexity index is 976. The Kier molecular flexibility index (Phi) is 6.31. The molecule has 1 amide bonds. The first-order valence-electron chi connectivity index (χ1n) is 11.8. The lowest BCUT2D eigenvalue weighted by Gasteiger charge is -2.37. The number of carbonyl (C=O) groups is 2. The van der Waals surface area contributed by atoms with Crippen LogP contribution in [0.3, 0.4) is 0 Å². The van der Waals surface area contributed by atoms with Crippen molar-refractivity contribution >= 4 is 22.8 Å². The molecule has 4 rings (SSSR count). The summed E-state index contributed by atoms with van der Waals surface area (Å²) in [7, 11) is 0. The highest BCUT2D eigenvalue weighted by Gasteiger charge is 2.34. The lowest BCUT2D eigenvalue weighted by Crippen LogP contribution is -2.36. The van der Waals surface area contributed by atoms with Crippen molar-refractivity contribution in [3.8, 4) is 0 Å². The fourth-order valence-electron chi connectivity index (χ4n) is 5.12. The molecule has 1 atom stereocenters. The second-order valence-electron chi connectivity index (χ2n) is 9.84. The summed E-state index contributed by atoms with van der Waals surface area (Å²) in [6, 6.07) is 7.97. The molecule has 2 aliphatic carbocycles. The number of pyridine rings is 1. The summed E-state index contributed by atoms with van der Waals surface area (Å²) in [5.41, 5.74) is 3.63. The quantitative estimate of drug-likeness (QED) is 0.666. The van der Waals surface area contributed by atoms with E-state index in [4.69, 9.17) is 9.72 Å². The summed E-state index contributed by atoms with van der Waals surface area (Å²) in [5, 5.41) is 3.81. The Balaban J connectivity index is 1.60. The first-order valence-corrected chi connectivity index (χ1v) is 11.8. The normalized spacial score (nSPS) is 19.3. The van der Waals surface area contributed by atoms with Crippen LogP contribution in [0, 0.1) is 11.3 Å². The van der Waals surface area contributed by atoms with E-state index in [2.05, 4.69) is 26.1 Å². The lowest BCUT2D eigenvalue weighted by molar-refractivity contribution is -0.124. The van der Waals surface area contributed by atoms with Crippen molar-refractivity contribution in [1.82, 2.24) is 10.3 Å². The number of amides is 1. The molecule has 0 unspecified atom stereocenters. The molecule has 1 aromatic carbocycles. The summed E-state index contributed by atoms with van der Waals surface area (Å²) < 4.78 is 5.54. The number of nitrogens with one attached hydrogen (secondary N) is 1. The second-order valence-corrected chi connectivity index (χ2v) is 9.84. The van der Waals surface area contributed by atoms with Gasteiger partial charge in [0.05, 0.1) is 11.1 Å². The average Bonchev–Trinajstić information content (AvgIpc) is 3.28. The highest BCUT2D eigenvalue weighted by molar-refractivity contribution is 6.05. The van der Waals surface area contributed by atoms with Gasteiger partial charge >= 0.3 is 5.97 Å². The maximum absolute atomic E-state index is 13.3. The molecule has 0 bridgehead atoms. The van der Waals surface area contributed by atoms with Crippen molar-refractivity contribution in [2.45, 2.75) is 78.2 Å². The molecule has 0 radical (unpaired) electrons. The lowest BCUT2D eigenvalue weighted by atomic mass is 9.68. The number of fused-ring (bicyclic) bond motifs is 2. The third kappa shape index (κ3) is 4.60. The highest BCUT2D eigenvalue weighted by atomic mass is 16.5. The summed E-state index contributed by atoms with van der Waals surface area (Å²) >= 11 is 0. The van der Waals surface area contributed by atoms with Gasteiger partial charge in [0.2, 0.25) is 0 Å². The minimum Gasteiger partial charge on any atom is -0.452 e. The minimum atomic E-state index is -0.411. The zero-order chi connectivity index (χ0) is 22.0. The first kappa shape index (κ1) is 21.8. The van der Waals surface area contributed by atoms with Gasteiger partial charge in [0.25, 0.3) is 5.91 Å². The van der Waals surface area contributed by atoms with Crippen LogP contribution in [0.1, 0.15) is 80.9 Å². The Labute approximate surface area is 185 Å². The van der Waals surface area contributed by atoms with Gasteiger partial charge in [-0.25, -0.2) is 4.79 Å². The largest absolute Gasteiger partial charge is 0.452 e. The van der Waals surface area contributed by atoms with E-state index in [-0.39, 0.29) is 24.0 Å². The Morgan fingerprint density at radius 3 is 2.65 bits per heavy atom. The molecule has 1 heterocycles. The van der Waals surface area contributed by atoms with Crippen LogP contribution in [-0.2, 0) is 22.4 Å². The molecule has 5 heteroatoms. The van der Waals surface area contributed by atoms with Crippen molar-refractivity contribution < 1.29 is 14.3 Å². The minimum absolute atomic E-state index is 0.200. The van der Waals surface area contributed by atoms with Crippen LogP contribution >= 0.6 is 0 Å². The molecular weight excluding hydrogens is 388 g/mol. The molecule has 2 aliphatic rings. The highest BCUT2D eigenvalue weighted by Crippen LogP contribution is 2.41. The molecular formula is C26H34N2O3. The van der Waals surface area contributed by atoms with Gasteiger partial charge < -0.3 is 10.1 Å². The summed E-state index contributed by atoms with van der Waals surface area (Å²) in [5.74, 6) is -0.131. The average molecular weight is 423 g/mol. The SMILES string of the molecule is CCC(C)(C)[C@H]1CCc2nc3ccccc3c(C(=O)OCC(=O)NC3CCCC3)c2C1. The second kappa shape index (κ2) is 8.97. The molecule has 2 aromatic rings. The number of aryl methyl sites for hydroxylation is 1. The number of esters is 1. The molecule has 1 fully saturated rings. The van der Waals surface area contributed by atoms with E-state index in [1.54, 1.807) is 0 Å². The van der Waals surface area contributed by atoms with Gasteiger partial charge in [0.15, 0.2) is 6.61 Å². The Morgan fingerprint density at radius 1 is 1.16 bits per heavy atom. The van der Waals surface area contributed by atoms with Crippen molar-refractivity contribution in [2.75, 3.05) is 6.61 Å². The monoisotopic (exact) mass is 422 g/mol. The van der Waals surface area contributed by atoms with Gasteiger partial charge in [-0.15, -0.1) is 0 Å². The number of nitrogens with zero attached hydrogens (tertiary/aromatic N) is 1. The molecule has 5 nitrogen and oxygen atoms in total. The van der Waals surface area contributed by atoms with E-state index in [1.165, 1.54) is 0 Å². The van der Waals surface area contributed by atoms with Gasteiger partial charge in [-0.2, -0.15) is 0 Å². The summed E-state index contributed by atoms with van der Waals surface area (Å²) in [6.45, 7) is 6.61. The smallest absolute Gasteiger partial charge is 0.339 e. The van der Waals surface area contributed by atoms with Gasteiger partial charge in [0, 0.05) is 17.1 Å². The van der Waals surface area contributed by atoms with Gasteiger partial charge in [-0.3, -0.25) is 9.78 Å². The number of hydrogen-bond acceptors (Lipinski definition) is 4. The van der Waals surface area contributed by atoms with E-state index in [0.717, 1.165) is 73.5 Å². The van der Waals surface area contributed by atoms with Crippen LogP contribution in [-0.4, -0.2) is 29.5 Å². The number of aromatic nitrogens is 1. The molecule has 1 aromatic heterocycles. The fraction of sp³-hybridized carbons (Fsp3) is 0.577. The number of rotatable bonds is 6. The third-order valence-electron chi connectivity index (χ3n) is 7.53. The summed E-state index contributed by atoms with van der Waals surface area (Å²) in [4.78, 5) is 30.5. The van der Waals surface area contributed by atoms with Crippen LogP contribution in [0.15, 0.2) is 24.3 Å². The topological polar surface area (TPSA) is 68.3 Å². The van der Waals surface area contributed by atoms with Crippen molar-refractivity contribution in [1.29, 1.82) is 0 Å². The maximum atomic E-state index is 13.3. The molecule has 0 saturated heterocycles. The predicted octanol–water partition coefficient (Wildman–Crippen LogP) is 4.99. The predicted molar refractivity (Wildman–Crippen MR) is 122 cm³/mol. The molecule has 0 aliphatic heterocycles. The Morgan fingerprint density at radius 2 is 1.90 bits per heavy atom. The fourth-order valence-corrected chi connectivity index (χ4v) is 5.12. The van der Waals surface area contributed by atoms with Crippen LogP contribution in [0.2, 0.25) is 0 Å². The van der Waals surface area contributed by atoms with Crippen molar-refractivity contribution in [2.24, 2.45) is 11.3 Å². The van der Waals surface area contributed by atoms with Gasteiger partial charge in [-0.1, -0.05) is 58.2 Å². The zero-order valence-corrected chi connectivity index (χ0v) is 19.0. The Hall–Kier alpha value is -2.43. The number of hydrogen-bond donors (Lipinski definition) is 1. The number of ether oxygens (including phenoxy) is 1. The van der Waals surface area contributed by atoms with Crippen LogP contribution in [0.5, 0.6) is 0 Å². The van der Waals surface area contributed by atoms with Gasteiger partial charge in [-0.05, 0) is 55.1 Å². The van der Waals surface area contributed by atoms with Crippen LogP contribution in [0.25, 0.3) is 10.9 Å². The van der Waals surface area contributed by atoms with Crippen molar-refractivity contribution in [3.05, 3.63) is 41.1 Å². The van der Waals surface area contributed by atoms with Crippen LogP contribution in [0.4, 0.5) is 0 Å². The number of para-hydroxylation sites is 1. The first-order chi connectivity index (χ1) is 14.9. The molecule has 0 spiro atoms. The summed E-state index contributed by atoms with van der Waals surface area (Å²) in [6.07, 6.45) is 8.19. The van der Waals surface area contributed by atoms with E-state index < -0.39 is 5.97 Å². The third-order valence-corrected chi connectivity index (χ3v) is 7.53. The molecule has 1 N–H and O–H groups in total.